The first-order chi connectivity index (χ1) is 5.45. The molecule has 1 N–H and O–H groups in total. The maximum atomic E-state index is 10.1. The molecule has 0 aliphatic carbocycles. The molecule has 0 aromatic rings. The summed E-state index contributed by atoms with van der Waals surface area (Å²) < 4.78 is 30.4. The van der Waals surface area contributed by atoms with Gasteiger partial charge in [0.15, 0.2) is 0 Å². The van der Waals surface area contributed by atoms with Gasteiger partial charge >= 0.3 is 29.6 Å². The summed E-state index contributed by atoms with van der Waals surface area (Å²) in [6.45, 7) is 1.94. The Balaban J connectivity index is 0. The van der Waals surface area contributed by atoms with E-state index in [1.807, 2.05) is 6.92 Å². The third kappa shape index (κ3) is 12.9. The van der Waals surface area contributed by atoms with Crippen molar-refractivity contribution in [3.8, 4) is 0 Å². The van der Waals surface area contributed by atoms with Gasteiger partial charge in [0, 0.05) is 5.75 Å². The van der Waals surface area contributed by atoms with Crippen LogP contribution in [0.15, 0.2) is 0 Å². The van der Waals surface area contributed by atoms with Crippen LogP contribution in [0.25, 0.3) is 0 Å². The molecular formula is C7H15NaO4S. The zero-order chi connectivity index (χ0) is 9.61. The summed E-state index contributed by atoms with van der Waals surface area (Å²) in [4.78, 5) is 0. The smallest absolute Gasteiger partial charge is 0.748 e. The van der Waals surface area contributed by atoms with Crippen LogP contribution in [-0.2, 0) is 10.1 Å². The van der Waals surface area contributed by atoms with E-state index in [1.54, 1.807) is 0 Å². The van der Waals surface area contributed by atoms with Crippen molar-refractivity contribution < 1.29 is 47.6 Å². The maximum Gasteiger partial charge on any atom is 1.00 e. The summed E-state index contributed by atoms with van der Waals surface area (Å²) in [5.41, 5.74) is 0. The van der Waals surface area contributed by atoms with Crippen molar-refractivity contribution in [1.82, 2.24) is 0 Å². The summed E-state index contributed by atoms with van der Waals surface area (Å²) in [6, 6.07) is 0. The van der Waals surface area contributed by atoms with E-state index in [9.17, 15) is 13.0 Å². The van der Waals surface area contributed by atoms with Gasteiger partial charge in [-0.05, 0) is 19.3 Å². The number of hydrogen-bond donors (Lipinski definition) is 1. The van der Waals surface area contributed by atoms with Crippen LogP contribution in [0.1, 0.15) is 32.6 Å². The van der Waals surface area contributed by atoms with Gasteiger partial charge in [0.1, 0.15) is 0 Å². The molecule has 0 radical (unpaired) electrons. The topological polar surface area (TPSA) is 77.4 Å². The van der Waals surface area contributed by atoms with E-state index < -0.39 is 16.2 Å². The normalized spacial score (nSPS) is 13.5. The van der Waals surface area contributed by atoms with Gasteiger partial charge in [0.2, 0.25) is 0 Å². The van der Waals surface area contributed by atoms with Crippen molar-refractivity contribution in [2.75, 3.05) is 5.75 Å². The number of rotatable bonds is 6. The van der Waals surface area contributed by atoms with Gasteiger partial charge in [0.05, 0.1) is 16.2 Å². The molecule has 0 saturated heterocycles. The molecule has 0 bridgehead atoms. The van der Waals surface area contributed by atoms with Crippen LogP contribution in [0.5, 0.6) is 0 Å². The molecule has 0 heterocycles. The van der Waals surface area contributed by atoms with Gasteiger partial charge in [-0.2, -0.15) is 0 Å². The predicted octanol–water partition coefficient (Wildman–Crippen LogP) is -2.52. The first kappa shape index (κ1) is 16.3. The summed E-state index contributed by atoms with van der Waals surface area (Å²) in [7, 11) is -4.10. The summed E-state index contributed by atoms with van der Waals surface area (Å²) in [6.07, 6.45) is 1.73. The van der Waals surface area contributed by atoms with E-state index in [-0.39, 0.29) is 41.7 Å². The van der Waals surface area contributed by atoms with Crippen LogP contribution in [0, 0.1) is 0 Å². The van der Waals surface area contributed by atoms with Crippen molar-refractivity contribution in [3.05, 3.63) is 0 Å². The van der Waals surface area contributed by atoms with Gasteiger partial charge in [-0.25, -0.2) is 8.42 Å². The quantitative estimate of drug-likeness (QED) is 0.394. The van der Waals surface area contributed by atoms with Crippen molar-refractivity contribution in [3.63, 3.8) is 0 Å². The Labute approximate surface area is 102 Å². The fourth-order valence-corrected chi connectivity index (χ4v) is 1.49. The number of aliphatic hydroxyl groups excluding tert-OH is 1. The molecule has 4 nitrogen and oxygen atoms in total. The molecule has 0 amide bonds. The molecule has 0 fully saturated rings. The Hall–Kier alpha value is 0.870. The van der Waals surface area contributed by atoms with Gasteiger partial charge in [-0.1, -0.05) is 13.3 Å². The third-order valence-corrected chi connectivity index (χ3v) is 2.34. The second-order valence-corrected chi connectivity index (χ2v) is 4.37. The Morgan fingerprint density at radius 3 is 2.31 bits per heavy atom. The molecule has 1 atom stereocenters. The van der Waals surface area contributed by atoms with Crippen molar-refractivity contribution in [2.24, 2.45) is 0 Å². The maximum absolute atomic E-state index is 10.1. The van der Waals surface area contributed by atoms with Crippen LogP contribution in [0.4, 0.5) is 0 Å². The summed E-state index contributed by atoms with van der Waals surface area (Å²) in [5, 5.41) is 9.15. The molecule has 1 unspecified atom stereocenters. The first-order valence-corrected chi connectivity index (χ1v) is 5.65. The Morgan fingerprint density at radius 2 is 1.92 bits per heavy atom. The number of hydrogen-bond acceptors (Lipinski definition) is 4. The predicted molar refractivity (Wildman–Crippen MR) is 44.7 cm³/mol. The SMILES string of the molecule is CCCC(O)CCCS(=O)(=O)[O-].[Na+]. The van der Waals surface area contributed by atoms with Crippen LogP contribution in [-0.4, -0.2) is 29.9 Å². The molecule has 0 aromatic carbocycles. The molecule has 0 aromatic heterocycles. The van der Waals surface area contributed by atoms with E-state index >= 15 is 0 Å². The van der Waals surface area contributed by atoms with Crippen LogP contribution >= 0.6 is 0 Å². The average molecular weight is 218 g/mol. The largest absolute Gasteiger partial charge is 1.00 e. The van der Waals surface area contributed by atoms with Crippen molar-refractivity contribution >= 4 is 10.1 Å². The molecule has 0 rings (SSSR count). The minimum Gasteiger partial charge on any atom is -0.748 e. The van der Waals surface area contributed by atoms with E-state index in [0.717, 1.165) is 6.42 Å². The Kier molecular flexibility index (Phi) is 10.3. The monoisotopic (exact) mass is 218 g/mol. The molecule has 0 aliphatic rings. The fraction of sp³-hybridized carbons (Fsp3) is 1.00. The Bertz CT molecular complexity index is 203. The standard InChI is InChI=1S/C7H16O4S.Na/c1-2-4-7(8)5-3-6-12(9,10)11;/h7-8H,2-6H2,1H3,(H,9,10,11);/q;+1/p-1. The second kappa shape index (κ2) is 8.20. The third-order valence-electron chi connectivity index (χ3n) is 1.55. The van der Waals surface area contributed by atoms with Crippen molar-refractivity contribution in [1.29, 1.82) is 0 Å². The molecule has 0 saturated carbocycles. The van der Waals surface area contributed by atoms with E-state index in [2.05, 4.69) is 0 Å². The van der Waals surface area contributed by atoms with Crippen LogP contribution in [0.2, 0.25) is 0 Å². The zero-order valence-electron chi connectivity index (χ0n) is 8.19. The fourth-order valence-electron chi connectivity index (χ4n) is 0.973. The van der Waals surface area contributed by atoms with Gasteiger partial charge in [0.25, 0.3) is 0 Å². The van der Waals surface area contributed by atoms with E-state index in [0.29, 0.717) is 12.8 Å². The summed E-state index contributed by atoms with van der Waals surface area (Å²) >= 11 is 0. The molecular weight excluding hydrogens is 203 g/mol. The molecule has 0 spiro atoms. The molecule has 6 heteroatoms. The number of aliphatic hydroxyl groups is 1. The van der Waals surface area contributed by atoms with Gasteiger partial charge < -0.3 is 9.66 Å². The zero-order valence-corrected chi connectivity index (χ0v) is 11.0. The minimum absolute atomic E-state index is 0. The van der Waals surface area contributed by atoms with E-state index in [4.69, 9.17) is 5.11 Å². The second-order valence-electron chi connectivity index (χ2n) is 2.85. The van der Waals surface area contributed by atoms with Crippen LogP contribution < -0.4 is 29.6 Å². The average Bonchev–Trinajstić information content (AvgIpc) is 1.84. The molecule has 74 valence electrons. The van der Waals surface area contributed by atoms with Gasteiger partial charge in [-0.15, -0.1) is 0 Å². The van der Waals surface area contributed by atoms with Gasteiger partial charge in [-0.3, -0.25) is 0 Å². The first-order valence-electron chi connectivity index (χ1n) is 4.07. The van der Waals surface area contributed by atoms with Crippen LogP contribution in [0.3, 0.4) is 0 Å². The van der Waals surface area contributed by atoms with Crippen molar-refractivity contribution in [2.45, 2.75) is 38.7 Å². The van der Waals surface area contributed by atoms with E-state index in [1.165, 1.54) is 0 Å². The summed E-state index contributed by atoms with van der Waals surface area (Å²) in [5.74, 6) is -0.367. The Morgan fingerprint density at radius 1 is 1.38 bits per heavy atom. The molecule has 0 aliphatic heterocycles. The molecule has 13 heavy (non-hydrogen) atoms. The minimum atomic E-state index is -4.10.